The number of ether oxygens (including phenoxy) is 3. The number of esters is 1. The maximum Gasteiger partial charge on any atom is 0.309 e. The fourth-order valence-electron chi connectivity index (χ4n) is 2.15. The summed E-state index contributed by atoms with van der Waals surface area (Å²) in [6, 6.07) is 5.66. The van der Waals surface area contributed by atoms with Crippen LogP contribution < -0.4 is 4.74 Å². The van der Waals surface area contributed by atoms with Crippen molar-refractivity contribution in [1.82, 2.24) is 0 Å². The van der Waals surface area contributed by atoms with Gasteiger partial charge in [-0.25, -0.2) is 0 Å². The zero-order valence-corrected chi connectivity index (χ0v) is 13.1. The van der Waals surface area contributed by atoms with Gasteiger partial charge in [-0.05, 0) is 46.5 Å². The summed E-state index contributed by atoms with van der Waals surface area (Å²) in [5.74, 6) is 0.954. The van der Waals surface area contributed by atoms with E-state index in [1.54, 1.807) is 0 Å². The van der Waals surface area contributed by atoms with E-state index in [0.29, 0.717) is 12.5 Å². The van der Waals surface area contributed by atoms with Gasteiger partial charge >= 0.3 is 5.97 Å². The largest absolute Gasteiger partial charge is 0.492 e. The van der Waals surface area contributed by atoms with Gasteiger partial charge in [-0.15, -0.1) is 0 Å². The molecule has 1 atom stereocenters. The molecule has 0 saturated carbocycles. The molecule has 1 heterocycles. The van der Waals surface area contributed by atoms with E-state index in [4.69, 9.17) is 9.47 Å². The summed E-state index contributed by atoms with van der Waals surface area (Å²) in [5.41, 5.74) is 0.884. The van der Waals surface area contributed by atoms with Crippen LogP contribution in [0, 0.1) is 5.92 Å². The van der Waals surface area contributed by atoms with Gasteiger partial charge in [0.15, 0.2) is 0 Å². The molecule has 0 bridgehead atoms. The van der Waals surface area contributed by atoms with Gasteiger partial charge < -0.3 is 14.2 Å². The van der Waals surface area contributed by atoms with Gasteiger partial charge in [0.2, 0.25) is 0 Å². The number of hydrogen-bond donors (Lipinski definition) is 0. The minimum atomic E-state index is -0.251. The van der Waals surface area contributed by atoms with E-state index in [-0.39, 0.29) is 12.4 Å². The van der Waals surface area contributed by atoms with Crippen molar-refractivity contribution in [2.75, 3.05) is 26.9 Å². The van der Waals surface area contributed by atoms with Gasteiger partial charge in [-0.1, -0.05) is 6.07 Å². The molecule has 0 spiro atoms. The highest BCUT2D eigenvalue weighted by atomic mass is 79.9. The van der Waals surface area contributed by atoms with E-state index in [2.05, 4.69) is 20.7 Å². The molecule has 1 aliphatic rings. The minimum Gasteiger partial charge on any atom is -0.492 e. The molecule has 2 rings (SSSR count). The lowest BCUT2D eigenvalue weighted by molar-refractivity contribution is -0.139. The second-order valence-corrected chi connectivity index (χ2v) is 5.77. The Kier molecular flexibility index (Phi) is 5.86. The summed E-state index contributed by atoms with van der Waals surface area (Å²) in [5, 5.41) is 0. The summed E-state index contributed by atoms with van der Waals surface area (Å²) < 4.78 is 16.9. The fourth-order valence-corrected chi connectivity index (χ4v) is 2.51. The van der Waals surface area contributed by atoms with Crippen LogP contribution in [-0.2, 0) is 20.7 Å². The summed E-state index contributed by atoms with van der Waals surface area (Å²) >= 11 is 3.47. The topological polar surface area (TPSA) is 44.8 Å². The van der Waals surface area contributed by atoms with Crippen molar-refractivity contribution in [2.24, 2.45) is 5.92 Å². The van der Waals surface area contributed by atoms with Gasteiger partial charge in [0.05, 0.1) is 31.2 Å². The summed E-state index contributed by atoms with van der Waals surface area (Å²) in [7, 11) is 1.39. The lowest BCUT2D eigenvalue weighted by Gasteiger charge is -2.22. The predicted octanol–water partition coefficient (Wildman–Crippen LogP) is 2.97. The molecule has 0 N–H and O–H groups in total. The van der Waals surface area contributed by atoms with Crippen LogP contribution in [0.25, 0.3) is 0 Å². The average Bonchev–Trinajstić information content (AvgIpc) is 2.48. The minimum absolute atomic E-state index is 0.251. The Balaban J connectivity index is 1.95. The first-order valence-corrected chi connectivity index (χ1v) is 7.54. The molecule has 110 valence electrons. The number of methoxy groups -OCH3 is 1. The molecular weight excluding hydrogens is 324 g/mol. The predicted molar refractivity (Wildman–Crippen MR) is 78.9 cm³/mol. The van der Waals surface area contributed by atoms with Crippen molar-refractivity contribution in [3.05, 3.63) is 28.2 Å². The first-order chi connectivity index (χ1) is 9.69. The Morgan fingerprint density at radius 3 is 3.05 bits per heavy atom. The van der Waals surface area contributed by atoms with Crippen LogP contribution in [0.4, 0.5) is 0 Å². The van der Waals surface area contributed by atoms with Gasteiger partial charge in [-0.3, -0.25) is 4.79 Å². The van der Waals surface area contributed by atoms with Crippen molar-refractivity contribution in [3.63, 3.8) is 0 Å². The van der Waals surface area contributed by atoms with Crippen molar-refractivity contribution >= 4 is 21.9 Å². The lowest BCUT2D eigenvalue weighted by atomic mass is 10.0. The molecule has 1 aromatic rings. The van der Waals surface area contributed by atoms with Crippen molar-refractivity contribution < 1.29 is 19.0 Å². The first-order valence-electron chi connectivity index (χ1n) is 6.75. The zero-order chi connectivity index (χ0) is 14.4. The molecule has 1 saturated heterocycles. The van der Waals surface area contributed by atoms with Crippen LogP contribution >= 0.6 is 15.9 Å². The Morgan fingerprint density at radius 1 is 1.50 bits per heavy atom. The molecule has 1 aromatic carbocycles. The Bertz CT molecular complexity index is 455. The quantitative estimate of drug-likeness (QED) is 0.771. The molecular formula is C15H19BrO4. The number of carbonyl (C=O) groups is 1. The fraction of sp³-hybridized carbons (Fsp3) is 0.533. The van der Waals surface area contributed by atoms with E-state index >= 15 is 0 Å². The van der Waals surface area contributed by atoms with Crippen molar-refractivity contribution in [3.8, 4) is 5.75 Å². The number of rotatable bonds is 5. The van der Waals surface area contributed by atoms with Crippen molar-refractivity contribution in [1.29, 1.82) is 0 Å². The molecule has 4 nitrogen and oxygen atoms in total. The SMILES string of the molecule is COC(=O)Cc1ccc(Br)c(OCC2CCCOC2)c1. The Hall–Kier alpha value is -1.07. The highest BCUT2D eigenvalue weighted by Crippen LogP contribution is 2.27. The highest BCUT2D eigenvalue weighted by molar-refractivity contribution is 9.10. The standard InChI is InChI=1S/C15H19BrO4/c1-18-15(17)8-11-4-5-13(16)14(7-11)20-10-12-3-2-6-19-9-12/h4-5,7,12H,2-3,6,8-10H2,1H3. The van der Waals surface area contributed by atoms with E-state index < -0.39 is 0 Å². The Labute approximate surface area is 127 Å². The monoisotopic (exact) mass is 342 g/mol. The van der Waals surface area contributed by atoms with Crippen LogP contribution in [-0.4, -0.2) is 32.9 Å². The average molecular weight is 343 g/mol. The molecule has 0 aromatic heterocycles. The zero-order valence-electron chi connectivity index (χ0n) is 11.6. The molecule has 1 unspecified atom stereocenters. The maximum atomic E-state index is 11.3. The van der Waals surface area contributed by atoms with E-state index in [9.17, 15) is 4.79 Å². The highest BCUT2D eigenvalue weighted by Gasteiger charge is 2.15. The molecule has 0 amide bonds. The number of carbonyl (C=O) groups excluding carboxylic acids is 1. The molecule has 0 aliphatic carbocycles. The smallest absolute Gasteiger partial charge is 0.309 e. The Morgan fingerprint density at radius 2 is 2.35 bits per heavy atom. The first kappa shape index (κ1) is 15.3. The van der Waals surface area contributed by atoms with Crippen molar-refractivity contribution in [2.45, 2.75) is 19.3 Å². The molecule has 5 heteroatoms. The summed E-state index contributed by atoms with van der Waals surface area (Å²) in [6.07, 6.45) is 2.49. The molecule has 1 fully saturated rings. The summed E-state index contributed by atoms with van der Waals surface area (Å²) in [4.78, 5) is 11.3. The van der Waals surface area contributed by atoms with Gasteiger partial charge in [0.1, 0.15) is 5.75 Å². The second kappa shape index (κ2) is 7.64. The van der Waals surface area contributed by atoms with E-state index in [1.165, 1.54) is 7.11 Å². The van der Waals surface area contributed by atoms with Crippen LogP contribution in [0.5, 0.6) is 5.75 Å². The van der Waals surface area contributed by atoms with Crippen LogP contribution in [0.15, 0.2) is 22.7 Å². The number of halogens is 1. The summed E-state index contributed by atoms with van der Waals surface area (Å²) in [6.45, 7) is 2.26. The normalized spacial score (nSPS) is 18.6. The second-order valence-electron chi connectivity index (χ2n) is 4.91. The lowest BCUT2D eigenvalue weighted by Crippen LogP contribution is -2.23. The number of hydrogen-bond acceptors (Lipinski definition) is 4. The maximum absolute atomic E-state index is 11.3. The van der Waals surface area contributed by atoms with Crippen LogP contribution in [0.1, 0.15) is 18.4 Å². The molecule has 20 heavy (non-hydrogen) atoms. The van der Waals surface area contributed by atoms with Crippen LogP contribution in [0.2, 0.25) is 0 Å². The van der Waals surface area contributed by atoms with Gasteiger partial charge in [-0.2, -0.15) is 0 Å². The third-order valence-electron chi connectivity index (χ3n) is 3.30. The van der Waals surface area contributed by atoms with E-state index in [1.807, 2.05) is 18.2 Å². The van der Waals surface area contributed by atoms with Gasteiger partial charge in [0, 0.05) is 12.5 Å². The molecule has 1 aliphatic heterocycles. The van der Waals surface area contributed by atoms with E-state index in [0.717, 1.165) is 41.8 Å². The van der Waals surface area contributed by atoms with Crippen LogP contribution in [0.3, 0.4) is 0 Å². The third kappa shape index (κ3) is 4.49. The molecule has 0 radical (unpaired) electrons. The third-order valence-corrected chi connectivity index (χ3v) is 3.96. The van der Waals surface area contributed by atoms with Gasteiger partial charge in [0.25, 0.3) is 0 Å². The number of benzene rings is 1.